The molecule has 21 heavy (non-hydrogen) atoms. The van der Waals surface area contributed by atoms with Gasteiger partial charge in [-0.15, -0.1) is 0 Å². The Morgan fingerprint density at radius 3 is 2.52 bits per heavy atom. The molecule has 116 valence electrons. The van der Waals surface area contributed by atoms with E-state index >= 15 is 0 Å². The second-order valence-electron chi connectivity index (χ2n) is 5.49. The van der Waals surface area contributed by atoms with Gasteiger partial charge in [-0.2, -0.15) is 0 Å². The molecule has 0 saturated carbocycles. The normalized spacial score (nSPS) is 16.9. The van der Waals surface area contributed by atoms with Crippen molar-refractivity contribution in [2.45, 2.75) is 19.8 Å². The summed E-state index contributed by atoms with van der Waals surface area (Å²) in [7, 11) is 0. The third-order valence-corrected chi connectivity index (χ3v) is 4.37. The van der Waals surface area contributed by atoms with E-state index in [0.717, 1.165) is 49.7 Å². The first-order valence-electron chi connectivity index (χ1n) is 7.65. The van der Waals surface area contributed by atoms with E-state index in [1.165, 1.54) is 0 Å². The molecule has 1 aromatic carbocycles. The second kappa shape index (κ2) is 7.66. The number of piperazine rings is 1. The molecular weight excluding hydrogens is 286 g/mol. The van der Waals surface area contributed by atoms with E-state index in [9.17, 15) is 4.79 Å². The maximum atomic E-state index is 12.4. The summed E-state index contributed by atoms with van der Waals surface area (Å²) in [6.07, 6.45) is 1.87. The van der Waals surface area contributed by atoms with Crippen LogP contribution in [0.25, 0.3) is 0 Å². The van der Waals surface area contributed by atoms with Crippen LogP contribution in [0.5, 0.6) is 0 Å². The van der Waals surface area contributed by atoms with Crippen LogP contribution in [0, 0.1) is 5.92 Å². The third kappa shape index (κ3) is 3.89. The fourth-order valence-electron chi connectivity index (χ4n) is 2.82. The van der Waals surface area contributed by atoms with Crippen LogP contribution in [0.4, 0.5) is 5.69 Å². The number of hydrogen-bond donors (Lipinski definition) is 1. The number of nitrogens with zero attached hydrogens (tertiary/aromatic N) is 2. The Balaban J connectivity index is 1.94. The molecule has 4 nitrogen and oxygen atoms in total. The van der Waals surface area contributed by atoms with Crippen molar-refractivity contribution in [1.29, 1.82) is 0 Å². The fourth-order valence-corrected chi connectivity index (χ4v) is 3.08. The number of nitrogens with two attached hydrogens (primary N) is 1. The van der Waals surface area contributed by atoms with Gasteiger partial charge in [0, 0.05) is 32.7 Å². The zero-order valence-corrected chi connectivity index (χ0v) is 13.4. The number of amides is 1. The van der Waals surface area contributed by atoms with Crippen molar-refractivity contribution >= 4 is 23.2 Å². The van der Waals surface area contributed by atoms with Gasteiger partial charge < -0.3 is 15.5 Å². The molecular formula is C16H24ClN3O. The Hall–Kier alpha value is -1.26. The molecule has 0 aliphatic carbocycles. The van der Waals surface area contributed by atoms with Gasteiger partial charge >= 0.3 is 0 Å². The van der Waals surface area contributed by atoms with E-state index < -0.39 is 0 Å². The molecule has 1 saturated heterocycles. The van der Waals surface area contributed by atoms with Gasteiger partial charge in [0.2, 0.25) is 5.91 Å². The molecule has 2 N–H and O–H groups in total. The van der Waals surface area contributed by atoms with Crippen molar-refractivity contribution in [3.05, 3.63) is 29.3 Å². The summed E-state index contributed by atoms with van der Waals surface area (Å²) in [5.41, 5.74) is 6.78. The van der Waals surface area contributed by atoms with E-state index in [0.29, 0.717) is 6.54 Å². The van der Waals surface area contributed by atoms with Gasteiger partial charge in [-0.05, 0) is 18.6 Å². The Morgan fingerprint density at radius 2 is 1.95 bits per heavy atom. The van der Waals surface area contributed by atoms with Crippen LogP contribution in [0.2, 0.25) is 5.02 Å². The van der Waals surface area contributed by atoms with Gasteiger partial charge in [-0.25, -0.2) is 0 Å². The lowest BCUT2D eigenvalue weighted by Crippen LogP contribution is -2.51. The van der Waals surface area contributed by atoms with Gasteiger partial charge in [0.1, 0.15) is 0 Å². The highest BCUT2D eigenvalue weighted by atomic mass is 35.5. The number of para-hydroxylation sites is 1. The molecule has 1 unspecified atom stereocenters. The molecule has 0 spiro atoms. The molecule has 1 aliphatic rings. The number of hydrogen-bond acceptors (Lipinski definition) is 3. The van der Waals surface area contributed by atoms with Crippen molar-refractivity contribution < 1.29 is 4.79 Å². The van der Waals surface area contributed by atoms with Gasteiger partial charge in [0.05, 0.1) is 16.6 Å². The van der Waals surface area contributed by atoms with E-state index in [4.69, 9.17) is 17.3 Å². The Morgan fingerprint density at radius 1 is 1.29 bits per heavy atom. The Kier molecular flexibility index (Phi) is 5.88. The summed E-state index contributed by atoms with van der Waals surface area (Å²) in [6.45, 7) is 5.65. The standard InChI is InChI=1S/C16H24ClN3O/c1-2-5-13(12-18)16(21)20-10-8-19(9-11-20)15-7-4-3-6-14(15)17/h3-4,6-7,13H,2,5,8-12,18H2,1H3. The van der Waals surface area contributed by atoms with Gasteiger partial charge in [0.25, 0.3) is 0 Å². The predicted octanol–water partition coefficient (Wildman–Crippen LogP) is 2.36. The molecule has 1 fully saturated rings. The lowest BCUT2D eigenvalue weighted by Gasteiger charge is -2.37. The van der Waals surface area contributed by atoms with Gasteiger partial charge in [-0.1, -0.05) is 37.1 Å². The summed E-state index contributed by atoms with van der Waals surface area (Å²) in [6, 6.07) is 7.85. The molecule has 1 amide bonds. The summed E-state index contributed by atoms with van der Waals surface area (Å²) in [5.74, 6) is 0.181. The molecule has 5 heteroatoms. The second-order valence-corrected chi connectivity index (χ2v) is 5.89. The zero-order chi connectivity index (χ0) is 15.2. The van der Waals surface area contributed by atoms with Crippen LogP contribution in [-0.4, -0.2) is 43.5 Å². The summed E-state index contributed by atoms with van der Waals surface area (Å²) < 4.78 is 0. The van der Waals surface area contributed by atoms with Gasteiger partial charge in [0.15, 0.2) is 0 Å². The van der Waals surface area contributed by atoms with Crippen molar-refractivity contribution in [2.75, 3.05) is 37.6 Å². The fraction of sp³-hybridized carbons (Fsp3) is 0.562. The van der Waals surface area contributed by atoms with Crippen molar-refractivity contribution in [2.24, 2.45) is 11.7 Å². The molecule has 0 bridgehead atoms. The maximum Gasteiger partial charge on any atom is 0.227 e. The summed E-state index contributed by atoms with van der Waals surface area (Å²) in [5, 5.41) is 0.767. The quantitative estimate of drug-likeness (QED) is 0.908. The van der Waals surface area contributed by atoms with E-state index in [1.807, 2.05) is 29.2 Å². The van der Waals surface area contributed by atoms with Crippen LogP contribution >= 0.6 is 11.6 Å². The highest BCUT2D eigenvalue weighted by Gasteiger charge is 2.26. The average Bonchev–Trinajstić information content (AvgIpc) is 2.52. The lowest BCUT2D eigenvalue weighted by molar-refractivity contribution is -0.135. The third-order valence-electron chi connectivity index (χ3n) is 4.06. The number of halogens is 1. The predicted molar refractivity (Wildman–Crippen MR) is 87.7 cm³/mol. The minimum atomic E-state index is -0.0261. The monoisotopic (exact) mass is 309 g/mol. The highest BCUT2D eigenvalue weighted by Crippen LogP contribution is 2.26. The first-order valence-corrected chi connectivity index (χ1v) is 8.03. The van der Waals surface area contributed by atoms with Crippen molar-refractivity contribution in [3.8, 4) is 0 Å². The van der Waals surface area contributed by atoms with Crippen LogP contribution < -0.4 is 10.6 Å². The molecule has 1 heterocycles. The molecule has 0 aromatic heterocycles. The Bertz CT molecular complexity index is 472. The number of carbonyl (C=O) groups is 1. The first kappa shape index (κ1) is 16.1. The zero-order valence-electron chi connectivity index (χ0n) is 12.6. The molecule has 1 atom stereocenters. The van der Waals surface area contributed by atoms with Crippen molar-refractivity contribution in [1.82, 2.24) is 4.90 Å². The number of anilines is 1. The molecule has 1 aliphatic heterocycles. The van der Waals surface area contributed by atoms with E-state index in [1.54, 1.807) is 0 Å². The number of carbonyl (C=O) groups excluding carboxylic acids is 1. The van der Waals surface area contributed by atoms with Crippen LogP contribution in [-0.2, 0) is 4.79 Å². The maximum absolute atomic E-state index is 12.4. The van der Waals surface area contributed by atoms with E-state index in [-0.39, 0.29) is 11.8 Å². The minimum Gasteiger partial charge on any atom is -0.367 e. The largest absolute Gasteiger partial charge is 0.367 e. The number of benzene rings is 1. The van der Waals surface area contributed by atoms with Crippen LogP contribution in [0.1, 0.15) is 19.8 Å². The van der Waals surface area contributed by atoms with Crippen LogP contribution in [0.15, 0.2) is 24.3 Å². The highest BCUT2D eigenvalue weighted by molar-refractivity contribution is 6.33. The van der Waals surface area contributed by atoms with Crippen LogP contribution in [0.3, 0.4) is 0 Å². The Labute approximate surface area is 131 Å². The van der Waals surface area contributed by atoms with E-state index in [2.05, 4.69) is 11.8 Å². The lowest BCUT2D eigenvalue weighted by atomic mass is 10.0. The SMILES string of the molecule is CCCC(CN)C(=O)N1CCN(c2ccccc2Cl)CC1. The topological polar surface area (TPSA) is 49.6 Å². The smallest absolute Gasteiger partial charge is 0.227 e. The number of rotatable bonds is 5. The van der Waals surface area contributed by atoms with Gasteiger partial charge in [-0.3, -0.25) is 4.79 Å². The van der Waals surface area contributed by atoms with Crippen molar-refractivity contribution in [3.63, 3.8) is 0 Å². The molecule has 0 radical (unpaired) electrons. The first-order chi connectivity index (χ1) is 10.2. The average molecular weight is 310 g/mol. The molecule has 1 aromatic rings. The minimum absolute atomic E-state index is 0.0261. The molecule has 2 rings (SSSR count). The summed E-state index contributed by atoms with van der Waals surface area (Å²) in [4.78, 5) is 16.6. The summed E-state index contributed by atoms with van der Waals surface area (Å²) >= 11 is 6.23.